The van der Waals surface area contributed by atoms with Crippen LogP contribution in [0.3, 0.4) is 0 Å². The lowest BCUT2D eigenvalue weighted by atomic mass is 9.82. The monoisotopic (exact) mass is 710 g/mol. The predicted octanol–water partition coefficient (Wildman–Crippen LogP) is 15.7. The Hall–Kier alpha value is -7.02. The van der Waals surface area contributed by atoms with Crippen molar-refractivity contribution in [3.63, 3.8) is 0 Å². The zero-order valence-corrected chi connectivity index (χ0v) is 31.5. The first-order valence-corrected chi connectivity index (χ1v) is 19.6. The fourth-order valence-corrected chi connectivity index (χ4v) is 9.62. The van der Waals surface area contributed by atoms with Crippen LogP contribution in [0.1, 0.15) is 11.1 Å². The van der Waals surface area contributed by atoms with Crippen LogP contribution in [0.2, 0.25) is 0 Å². The van der Waals surface area contributed by atoms with Crippen molar-refractivity contribution in [3.8, 4) is 77.9 Å². The number of rotatable bonds is 5. The number of hydrogen-bond donors (Lipinski definition) is 0. The van der Waals surface area contributed by atoms with Crippen molar-refractivity contribution in [1.82, 2.24) is 0 Å². The highest BCUT2D eigenvalue weighted by Gasteiger charge is 2.32. The quantitative estimate of drug-likeness (QED) is 0.167. The fourth-order valence-electron chi connectivity index (χ4n) is 9.62. The molecular formula is C56H38. The molecular weight excluding hydrogens is 673 g/mol. The summed E-state index contributed by atoms with van der Waals surface area (Å²) >= 11 is 0. The van der Waals surface area contributed by atoms with E-state index in [1.807, 2.05) is 0 Å². The minimum Gasteiger partial charge on any atom is -0.0622 e. The first-order valence-electron chi connectivity index (χ1n) is 19.6. The maximum Gasteiger partial charge on any atom is -0.000741 e. The van der Waals surface area contributed by atoms with E-state index in [-0.39, 0.29) is 0 Å². The van der Waals surface area contributed by atoms with Gasteiger partial charge in [-0.2, -0.15) is 0 Å². The molecule has 0 fully saturated rings. The lowest BCUT2D eigenvalue weighted by Gasteiger charge is -2.21. The Morgan fingerprint density at radius 3 is 1.25 bits per heavy atom. The molecule has 11 rings (SSSR count). The van der Waals surface area contributed by atoms with Crippen LogP contribution in [0.15, 0.2) is 194 Å². The molecule has 0 bridgehead atoms. The molecule has 262 valence electrons. The number of aryl methyl sites for hydroxylation is 2. The normalized spacial score (nSPS) is 11.8. The zero-order valence-electron chi connectivity index (χ0n) is 31.5. The highest BCUT2D eigenvalue weighted by molar-refractivity contribution is 6.29. The molecule has 0 amide bonds. The summed E-state index contributed by atoms with van der Waals surface area (Å²) in [4.78, 5) is 0. The van der Waals surface area contributed by atoms with E-state index in [1.165, 1.54) is 121 Å². The molecule has 10 aromatic carbocycles. The van der Waals surface area contributed by atoms with Crippen molar-refractivity contribution in [2.24, 2.45) is 0 Å². The molecule has 0 radical (unpaired) electrons. The zero-order chi connectivity index (χ0) is 37.3. The molecule has 0 saturated carbocycles. The molecule has 0 N–H and O–H groups in total. The second kappa shape index (κ2) is 12.8. The number of fused-ring (bicyclic) bond motifs is 5. The van der Waals surface area contributed by atoms with E-state index in [1.54, 1.807) is 0 Å². The summed E-state index contributed by atoms with van der Waals surface area (Å²) in [7, 11) is 0. The van der Waals surface area contributed by atoms with Gasteiger partial charge in [0.05, 0.1) is 0 Å². The third-order valence-electron chi connectivity index (χ3n) is 12.0. The lowest BCUT2D eigenvalue weighted by Crippen LogP contribution is -1.94. The van der Waals surface area contributed by atoms with Crippen LogP contribution in [0.4, 0.5) is 0 Å². The van der Waals surface area contributed by atoms with Crippen LogP contribution in [0.5, 0.6) is 0 Å². The van der Waals surface area contributed by atoms with Gasteiger partial charge in [0.2, 0.25) is 0 Å². The average molecular weight is 711 g/mol. The average Bonchev–Trinajstić information content (AvgIpc) is 3.58. The van der Waals surface area contributed by atoms with E-state index < -0.39 is 0 Å². The number of benzene rings is 10. The summed E-state index contributed by atoms with van der Waals surface area (Å²) in [5.41, 5.74) is 20.4. The van der Waals surface area contributed by atoms with Crippen LogP contribution in [-0.2, 0) is 0 Å². The van der Waals surface area contributed by atoms with Gasteiger partial charge < -0.3 is 0 Å². The minimum absolute atomic E-state index is 1.23. The largest absolute Gasteiger partial charge is 0.0622 e. The molecule has 0 aromatic heterocycles. The Bertz CT molecular complexity index is 3060. The molecule has 0 nitrogen and oxygen atoms in total. The highest BCUT2D eigenvalue weighted by Crippen LogP contribution is 2.59. The smallest absolute Gasteiger partial charge is 0.000741 e. The minimum atomic E-state index is 1.23. The van der Waals surface area contributed by atoms with E-state index in [4.69, 9.17) is 0 Å². The maximum atomic E-state index is 2.48. The molecule has 10 aromatic rings. The van der Waals surface area contributed by atoms with Crippen molar-refractivity contribution in [3.05, 3.63) is 205 Å². The molecule has 1 aliphatic carbocycles. The van der Waals surface area contributed by atoms with Gasteiger partial charge in [-0.05, 0) is 136 Å². The summed E-state index contributed by atoms with van der Waals surface area (Å²) < 4.78 is 0. The van der Waals surface area contributed by atoms with Gasteiger partial charge in [0.25, 0.3) is 0 Å². The van der Waals surface area contributed by atoms with Gasteiger partial charge in [-0.1, -0.05) is 194 Å². The van der Waals surface area contributed by atoms with Crippen molar-refractivity contribution >= 4 is 32.3 Å². The van der Waals surface area contributed by atoms with E-state index in [2.05, 4.69) is 208 Å². The first-order chi connectivity index (χ1) is 27.7. The second-order valence-electron chi connectivity index (χ2n) is 15.2. The Kier molecular flexibility index (Phi) is 7.41. The van der Waals surface area contributed by atoms with Crippen LogP contribution < -0.4 is 0 Å². The van der Waals surface area contributed by atoms with Gasteiger partial charge in [0, 0.05) is 0 Å². The van der Waals surface area contributed by atoms with Crippen molar-refractivity contribution in [1.29, 1.82) is 0 Å². The third kappa shape index (κ3) is 4.86. The van der Waals surface area contributed by atoms with Crippen molar-refractivity contribution in [2.75, 3.05) is 0 Å². The first kappa shape index (κ1) is 32.4. The van der Waals surface area contributed by atoms with Gasteiger partial charge >= 0.3 is 0 Å². The summed E-state index contributed by atoms with van der Waals surface area (Å²) in [5, 5.41) is 7.77. The van der Waals surface area contributed by atoms with Gasteiger partial charge in [-0.3, -0.25) is 0 Å². The lowest BCUT2D eigenvalue weighted by molar-refractivity contribution is 1.50. The summed E-state index contributed by atoms with van der Waals surface area (Å²) in [5.74, 6) is 0. The summed E-state index contributed by atoms with van der Waals surface area (Å²) in [6.07, 6.45) is 0. The Balaban J connectivity index is 1.31. The van der Waals surface area contributed by atoms with Crippen LogP contribution in [0.25, 0.3) is 110 Å². The Morgan fingerprint density at radius 2 is 0.696 bits per heavy atom. The van der Waals surface area contributed by atoms with E-state index in [0.717, 1.165) is 0 Å². The molecule has 0 aliphatic heterocycles. The van der Waals surface area contributed by atoms with Crippen LogP contribution >= 0.6 is 0 Å². The molecule has 1 aliphatic rings. The summed E-state index contributed by atoms with van der Waals surface area (Å²) in [6, 6.07) is 72.0. The standard InChI is InChI=1S/C56H38/c1-35-27-29-43-48(33-35)47(37-17-7-3-8-18-37)34-49(51(43)38-19-9-4-10-20-38)44-31-32-46-54-45(30-28-36(2)50(44)54)55-52(39-21-11-5-12-22-39)41-25-15-16-26-42(41)53(56(46)55)40-23-13-6-14-24-40/h3-34H,1-2H3. The topological polar surface area (TPSA) is 0 Å². The van der Waals surface area contributed by atoms with E-state index in [9.17, 15) is 0 Å². The Labute approximate surface area is 328 Å². The van der Waals surface area contributed by atoms with Gasteiger partial charge in [0.1, 0.15) is 0 Å². The molecule has 0 spiro atoms. The fraction of sp³-hybridized carbons (Fsp3) is 0.0357. The van der Waals surface area contributed by atoms with Crippen LogP contribution in [-0.4, -0.2) is 0 Å². The second-order valence-corrected chi connectivity index (χ2v) is 15.2. The van der Waals surface area contributed by atoms with Gasteiger partial charge in [-0.15, -0.1) is 0 Å². The van der Waals surface area contributed by atoms with Crippen molar-refractivity contribution in [2.45, 2.75) is 13.8 Å². The predicted molar refractivity (Wildman–Crippen MR) is 240 cm³/mol. The van der Waals surface area contributed by atoms with E-state index >= 15 is 0 Å². The molecule has 0 heterocycles. The highest BCUT2D eigenvalue weighted by atomic mass is 14.3. The number of hydrogen-bond acceptors (Lipinski definition) is 0. The maximum absolute atomic E-state index is 2.48. The van der Waals surface area contributed by atoms with Crippen LogP contribution in [0, 0.1) is 13.8 Å². The van der Waals surface area contributed by atoms with Gasteiger partial charge in [0.15, 0.2) is 0 Å². The molecule has 0 saturated heterocycles. The van der Waals surface area contributed by atoms with E-state index in [0.29, 0.717) is 0 Å². The molecule has 56 heavy (non-hydrogen) atoms. The Morgan fingerprint density at radius 1 is 0.250 bits per heavy atom. The molecule has 0 heteroatoms. The molecule has 0 atom stereocenters. The van der Waals surface area contributed by atoms with Gasteiger partial charge in [-0.25, -0.2) is 0 Å². The molecule has 0 unspecified atom stereocenters. The third-order valence-corrected chi connectivity index (χ3v) is 12.0. The van der Waals surface area contributed by atoms with Crippen molar-refractivity contribution < 1.29 is 0 Å². The summed E-state index contributed by atoms with van der Waals surface area (Å²) in [6.45, 7) is 4.50. The SMILES string of the molecule is Cc1ccc2c(-c3ccccc3)c(-c3ccc4c5c(ccc(C)c35)-c3c-4c(-c4ccccc4)c4ccccc4c3-c3ccccc3)cc(-c3ccccc3)c2c1.